The Kier molecular flexibility index (Phi) is 4.94. The molecule has 3 rings (SSSR count). The van der Waals surface area contributed by atoms with E-state index in [1.165, 1.54) is 0 Å². The zero-order chi connectivity index (χ0) is 16.2. The molecule has 4 heteroatoms. The lowest BCUT2D eigenvalue weighted by Crippen LogP contribution is -2.14. The van der Waals surface area contributed by atoms with E-state index in [-0.39, 0.29) is 0 Å². The van der Waals surface area contributed by atoms with Gasteiger partial charge in [-0.1, -0.05) is 46.3 Å². The second kappa shape index (κ2) is 7.11. The van der Waals surface area contributed by atoms with Crippen molar-refractivity contribution in [1.29, 1.82) is 0 Å². The highest BCUT2D eigenvalue weighted by Gasteiger charge is 2.15. The molecule has 0 radical (unpaired) electrons. The van der Waals surface area contributed by atoms with Crippen molar-refractivity contribution in [3.63, 3.8) is 0 Å². The number of nitrogens with zero attached hydrogens (tertiary/aromatic N) is 1. The van der Waals surface area contributed by atoms with E-state index in [1.54, 1.807) is 0 Å². The molecule has 3 nitrogen and oxygen atoms in total. The Morgan fingerprint density at radius 1 is 1.04 bits per heavy atom. The van der Waals surface area contributed by atoms with Gasteiger partial charge in [0, 0.05) is 16.5 Å². The minimum Gasteiger partial charge on any atom is -0.441 e. The third kappa shape index (κ3) is 4.09. The fourth-order valence-corrected chi connectivity index (χ4v) is 2.78. The monoisotopic (exact) mass is 371 g/mol. The maximum atomic E-state index is 10.3. The summed E-state index contributed by atoms with van der Waals surface area (Å²) in [5.74, 6) is 1.35. The summed E-state index contributed by atoms with van der Waals surface area (Å²) in [4.78, 5) is 4.55. The van der Waals surface area contributed by atoms with E-state index in [9.17, 15) is 5.11 Å². The Morgan fingerprint density at radius 3 is 2.43 bits per heavy atom. The fourth-order valence-electron chi connectivity index (χ4n) is 2.51. The quantitative estimate of drug-likeness (QED) is 0.714. The predicted octanol–water partition coefficient (Wildman–Crippen LogP) is 4.56. The van der Waals surface area contributed by atoms with Gasteiger partial charge in [-0.3, -0.25) is 0 Å². The van der Waals surface area contributed by atoms with Crippen LogP contribution in [0.4, 0.5) is 0 Å². The number of aliphatic hydroxyl groups is 1. The van der Waals surface area contributed by atoms with E-state index < -0.39 is 6.10 Å². The lowest BCUT2D eigenvalue weighted by atomic mass is 10.0. The fraction of sp³-hybridized carbons (Fsp3) is 0.211. The van der Waals surface area contributed by atoms with Crippen LogP contribution in [0.25, 0.3) is 11.5 Å². The third-order valence-corrected chi connectivity index (χ3v) is 4.26. The molecule has 1 N–H and O–H groups in total. The highest BCUT2D eigenvalue weighted by atomic mass is 79.9. The molecule has 0 bridgehead atoms. The molecule has 0 saturated heterocycles. The number of aliphatic hydroxyl groups excluding tert-OH is 1. The SMILES string of the molecule is Cc1oc(-c2ccc(Br)cc2)nc1CC(O)Cc1ccccc1. The first kappa shape index (κ1) is 16.0. The third-order valence-electron chi connectivity index (χ3n) is 3.73. The van der Waals surface area contributed by atoms with Crippen LogP contribution in [0.5, 0.6) is 0 Å². The van der Waals surface area contributed by atoms with Crippen molar-refractivity contribution < 1.29 is 9.52 Å². The summed E-state index contributed by atoms with van der Waals surface area (Å²) in [6.45, 7) is 1.89. The molecular formula is C19H18BrNO2. The molecule has 1 aromatic heterocycles. The molecule has 1 heterocycles. The molecule has 2 aromatic carbocycles. The van der Waals surface area contributed by atoms with Crippen molar-refractivity contribution in [2.45, 2.75) is 25.9 Å². The zero-order valence-corrected chi connectivity index (χ0v) is 14.5. The van der Waals surface area contributed by atoms with E-state index in [0.29, 0.717) is 18.7 Å². The highest BCUT2D eigenvalue weighted by molar-refractivity contribution is 9.10. The predicted molar refractivity (Wildman–Crippen MR) is 94.2 cm³/mol. The minimum absolute atomic E-state index is 0.473. The Morgan fingerprint density at radius 2 is 1.74 bits per heavy atom. The van der Waals surface area contributed by atoms with Crippen LogP contribution < -0.4 is 0 Å². The molecule has 0 aliphatic carbocycles. The molecule has 0 fully saturated rings. The molecule has 0 aliphatic rings. The number of hydrogen-bond acceptors (Lipinski definition) is 3. The van der Waals surface area contributed by atoms with Gasteiger partial charge >= 0.3 is 0 Å². The Balaban J connectivity index is 1.72. The first-order valence-electron chi connectivity index (χ1n) is 7.56. The topological polar surface area (TPSA) is 46.3 Å². The van der Waals surface area contributed by atoms with Gasteiger partial charge < -0.3 is 9.52 Å². The molecule has 23 heavy (non-hydrogen) atoms. The van der Waals surface area contributed by atoms with Crippen molar-refractivity contribution in [3.8, 4) is 11.5 Å². The van der Waals surface area contributed by atoms with Crippen molar-refractivity contribution in [2.24, 2.45) is 0 Å². The van der Waals surface area contributed by atoms with Gasteiger partial charge in [0.2, 0.25) is 5.89 Å². The Labute approximate surface area is 144 Å². The molecule has 0 amide bonds. The molecular weight excluding hydrogens is 354 g/mol. The van der Waals surface area contributed by atoms with Gasteiger partial charge in [-0.2, -0.15) is 0 Å². The first-order chi connectivity index (χ1) is 11.1. The van der Waals surface area contributed by atoms with E-state index in [0.717, 1.165) is 27.1 Å². The summed E-state index contributed by atoms with van der Waals surface area (Å²) in [5.41, 5.74) is 2.86. The van der Waals surface area contributed by atoms with Crippen LogP contribution in [0.2, 0.25) is 0 Å². The maximum absolute atomic E-state index is 10.3. The van der Waals surface area contributed by atoms with Crippen LogP contribution in [-0.4, -0.2) is 16.2 Å². The maximum Gasteiger partial charge on any atom is 0.226 e. The second-order valence-corrected chi connectivity index (χ2v) is 6.49. The molecule has 1 atom stereocenters. The second-order valence-electron chi connectivity index (χ2n) is 5.58. The number of aryl methyl sites for hydroxylation is 1. The number of halogens is 1. The first-order valence-corrected chi connectivity index (χ1v) is 8.35. The lowest BCUT2D eigenvalue weighted by molar-refractivity contribution is 0.174. The van der Waals surface area contributed by atoms with Gasteiger partial charge in [-0.25, -0.2) is 4.98 Å². The standard InChI is InChI=1S/C19H18BrNO2/c1-13-18(12-17(22)11-14-5-3-2-4-6-14)21-19(23-13)15-7-9-16(20)10-8-15/h2-10,17,22H,11-12H2,1H3. The summed E-state index contributed by atoms with van der Waals surface area (Å²) in [6, 6.07) is 17.8. The van der Waals surface area contributed by atoms with Crippen LogP contribution >= 0.6 is 15.9 Å². The molecule has 118 valence electrons. The van der Waals surface area contributed by atoms with Gasteiger partial charge in [0.1, 0.15) is 5.76 Å². The number of rotatable bonds is 5. The van der Waals surface area contributed by atoms with Gasteiger partial charge in [-0.05, 0) is 43.2 Å². The van der Waals surface area contributed by atoms with Gasteiger partial charge in [0.25, 0.3) is 0 Å². The van der Waals surface area contributed by atoms with E-state index in [1.807, 2.05) is 61.5 Å². The Bertz CT molecular complexity index is 766. The summed E-state index contributed by atoms with van der Waals surface area (Å²) < 4.78 is 6.77. The smallest absolute Gasteiger partial charge is 0.226 e. The van der Waals surface area contributed by atoms with E-state index in [4.69, 9.17) is 4.42 Å². The zero-order valence-electron chi connectivity index (χ0n) is 12.9. The summed E-state index contributed by atoms with van der Waals surface area (Å²) in [6.07, 6.45) is 0.626. The van der Waals surface area contributed by atoms with E-state index >= 15 is 0 Å². The van der Waals surface area contributed by atoms with Crippen LogP contribution in [-0.2, 0) is 12.8 Å². The number of aromatic nitrogens is 1. The molecule has 0 saturated carbocycles. The molecule has 0 spiro atoms. The van der Waals surface area contributed by atoms with Gasteiger partial charge in [-0.15, -0.1) is 0 Å². The van der Waals surface area contributed by atoms with Crippen LogP contribution in [0.3, 0.4) is 0 Å². The number of hydrogen-bond donors (Lipinski definition) is 1. The number of oxazole rings is 1. The largest absolute Gasteiger partial charge is 0.441 e. The summed E-state index contributed by atoms with van der Waals surface area (Å²) in [5, 5.41) is 10.3. The lowest BCUT2D eigenvalue weighted by Gasteiger charge is -2.09. The normalized spacial score (nSPS) is 12.3. The molecule has 0 aliphatic heterocycles. The van der Waals surface area contributed by atoms with Gasteiger partial charge in [0.15, 0.2) is 0 Å². The van der Waals surface area contributed by atoms with Crippen LogP contribution in [0.1, 0.15) is 17.0 Å². The summed E-state index contributed by atoms with van der Waals surface area (Å²) in [7, 11) is 0. The number of benzene rings is 2. The van der Waals surface area contributed by atoms with E-state index in [2.05, 4.69) is 20.9 Å². The van der Waals surface area contributed by atoms with Crippen molar-refractivity contribution >= 4 is 15.9 Å². The molecule has 3 aromatic rings. The average molecular weight is 372 g/mol. The minimum atomic E-state index is -0.473. The summed E-state index contributed by atoms with van der Waals surface area (Å²) >= 11 is 3.42. The van der Waals surface area contributed by atoms with Crippen molar-refractivity contribution in [2.75, 3.05) is 0 Å². The average Bonchev–Trinajstić information content (AvgIpc) is 2.90. The molecule has 1 unspecified atom stereocenters. The van der Waals surface area contributed by atoms with Crippen LogP contribution in [0.15, 0.2) is 63.5 Å². The van der Waals surface area contributed by atoms with Crippen molar-refractivity contribution in [3.05, 3.63) is 76.1 Å². The van der Waals surface area contributed by atoms with Crippen LogP contribution in [0, 0.1) is 6.92 Å². The van der Waals surface area contributed by atoms with Gasteiger partial charge in [0.05, 0.1) is 11.8 Å². The Hall–Kier alpha value is -1.91. The highest BCUT2D eigenvalue weighted by Crippen LogP contribution is 2.24. The van der Waals surface area contributed by atoms with Crippen molar-refractivity contribution in [1.82, 2.24) is 4.98 Å².